The van der Waals surface area contributed by atoms with E-state index in [4.69, 9.17) is 11.6 Å². The third-order valence-electron chi connectivity index (χ3n) is 5.07. The van der Waals surface area contributed by atoms with Gasteiger partial charge in [0.05, 0.1) is 0 Å². The number of halogens is 1. The van der Waals surface area contributed by atoms with E-state index in [1.54, 1.807) is 0 Å². The summed E-state index contributed by atoms with van der Waals surface area (Å²) < 4.78 is 0. The summed E-state index contributed by atoms with van der Waals surface area (Å²) in [6, 6.07) is 14.0. The first-order chi connectivity index (χ1) is 12.8. The van der Waals surface area contributed by atoms with Crippen molar-refractivity contribution >= 4 is 29.0 Å². The van der Waals surface area contributed by atoms with Crippen LogP contribution in [-0.4, -0.2) is 37.1 Å². The first-order valence-electron chi connectivity index (χ1n) is 9.42. The van der Waals surface area contributed by atoms with Crippen molar-refractivity contribution in [1.82, 2.24) is 4.90 Å². The maximum absolute atomic E-state index is 12.9. The Kier molecular flexibility index (Phi) is 5.66. The van der Waals surface area contributed by atoms with E-state index in [0.717, 1.165) is 40.6 Å². The molecule has 1 fully saturated rings. The number of amides is 2. The number of piperazine rings is 1. The van der Waals surface area contributed by atoms with Crippen LogP contribution >= 0.6 is 11.6 Å². The Balaban J connectivity index is 1.66. The van der Waals surface area contributed by atoms with Crippen LogP contribution in [0.4, 0.5) is 16.2 Å². The van der Waals surface area contributed by atoms with Gasteiger partial charge in [0.15, 0.2) is 0 Å². The van der Waals surface area contributed by atoms with Crippen molar-refractivity contribution < 1.29 is 4.79 Å². The van der Waals surface area contributed by atoms with Crippen LogP contribution in [-0.2, 0) is 5.41 Å². The van der Waals surface area contributed by atoms with Gasteiger partial charge in [0.1, 0.15) is 0 Å². The average molecular weight is 386 g/mol. The second-order valence-corrected chi connectivity index (χ2v) is 8.56. The molecule has 0 radical (unpaired) electrons. The fraction of sp³-hybridized carbons (Fsp3) is 0.409. The third kappa shape index (κ3) is 4.56. The molecule has 5 heteroatoms. The summed E-state index contributed by atoms with van der Waals surface area (Å²) in [6.45, 7) is 11.6. The topological polar surface area (TPSA) is 35.6 Å². The Morgan fingerprint density at radius 3 is 2.22 bits per heavy atom. The zero-order valence-corrected chi connectivity index (χ0v) is 17.3. The van der Waals surface area contributed by atoms with Gasteiger partial charge in [-0.3, -0.25) is 0 Å². The highest BCUT2D eigenvalue weighted by Crippen LogP contribution is 2.32. The Labute approximate surface area is 167 Å². The lowest BCUT2D eigenvalue weighted by Gasteiger charge is -2.36. The summed E-state index contributed by atoms with van der Waals surface area (Å²) in [6.07, 6.45) is 0. The van der Waals surface area contributed by atoms with Gasteiger partial charge in [-0.1, -0.05) is 50.6 Å². The lowest BCUT2D eigenvalue weighted by atomic mass is 9.84. The average Bonchev–Trinajstić information content (AvgIpc) is 2.63. The highest BCUT2D eigenvalue weighted by Gasteiger charge is 2.24. The number of nitrogens with zero attached hydrogens (tertiary/aromatic N) is 2. The lowest BCUT2D eigenvalue weighted by molar-refractivity contribution is 0.208. The summed E-state index contributed by atoms with van der Waals surface area (Å²) in [7, 11) is 0. The van der Waals surface area contributed by atoms with Crippen molar-refractivity contribution in [2.24, 2.45) is 0 Å². The second-order valence-electron chi connectivity index (χ2n) is 8.13. The smallest absolute Gasteiger partial charge is 0.321 e. The van der Waals surface area contributed by atoms with Crippen molar-refractivity contribution in [1.29, 1.82) is 0 Å². The van der Waals surface area contributed by atoms with E-state index in [9.17, 15) is 4.79 Å². The minimum absolute atomic E-state index is 0.0226. The summed E-state index contributed by atoms with van der Waals surface area (Å²) in [5.41, 5.74) is 4.32. The molecule has 0 spiro atoms. The maximum Gasteiger partial charge on any atom is 0.321 e. The van der Waals surface area contributed by atoms with E-state index in [0.29, 0.717) is 13.1 Å². The number of rotatable bonds is 2. The molecule has 4 nitrogen and oxygen atoms in total. The number of urea groups is 1. The number of carbonyl (C=O) groups is 1. The molecule has 0 unspecified atom stereocenters. The molecule has 144 valence electrons. The quantitative estimate of drug-likeness (QED) is 0.761. The first-order valence-corrected chi connectivity index (χ1v) is 9.80. The molecule has 3 rings (SSSR count). The molecule has 0 atom stereocenters. The van der Waals surface area contributed by atoms with Gasteiger partial charge in [-0.25, -0.2) is 4.79 Å². The standard InChI is InChI=1S/C22H28ClN3O/c1-16-6-5-7-19(22(2,3)4)20(16)24-21(27)26-14-12-25(13-15-26)18-10-8-17(23)9-11-18/h5-11H,12-15H2,1-4H3,(H,24,27). The van der Waals surface area contributed by atoms with Crippen molar-refractivity contribution in [3.8, 4) is 0 Å². The molecule has 2 aromatic carbocycles. The summed E-state index contributed by atoms with van der Waals surface area (Å²) in [5, 5.41) is 3.91. The number of aryl methyl sites for hydroxylation is 1. The van der Waals surface area contributed by atoms with Crippen molar-refractivity contribution in [2.45, 2.75) is 33.1 Å². The minimum Gasteiger partial charge on any atom is -0.368 e. The van der Waals surface area contributed by atoms with Crippen LogP contribution < -0.4 is 10.2 Å². The van der Waals surface area contributed by atoms with Gasteiger partial charge in [0.25, 0.3) is 0 Å². The van der Waals surface area contributed by atoms with Crippen LogP contribution in [0.2, 0.25) is 5.02 Å². The summed E-state index contributed by atoms with van der Waals surface area (Å²) >= 11 is 5.97. The molecule has 1 saturated heterocycles. The molecule has 2 amide bonds. The molecule has 0 aromatic heterocycles. The van der Waals surface area contributed by atoms with Gasteiger partial charge in [-0.05, 0) is 47.7 Å². The molecule has 1 N–H and O–H groups in total. The number of anilines is 2. The monoisotopic (exact) mass is 385 g/mol. The Morgan fingerprint density at radius 1 is 1.00 bits per heavy atom. The number of carbonyl (C=O) groups excluding carboxylic acids is 1. The number of hydrogen-bond acceptors (Lipinski definition) is 2. The first kappa shape index (κ1) is 19.6. The minimum atomic E-state index is -0.0259. The van der Waals surface area contributed by atoms with Crippen molar-refractivity contribution in [3.63, 3.8) is 0 Å². The zero-order chi connectivity index (χ0) is 19.6. The zero-order valence-electron chi connectivity index (χ0n) is 16.6. The number of para-hydroxylation sites is 1. The van der Waals surface area contributed by atoms with Crippen LogP contribution in [0.5, 0.6) is 0 Å². The molecule has 1 heterocycles. The van der Waals surface area contributed by atoms with E-state index in [-0.39, 0.29) is 11.4 Å². The van der Waals surface area contributed by atoms with E-state index in [2.05, 4.69) is 43.1 Å². The van der Waals surface area contributed by atoms with Gasteiger partial charge in [0, 0.05) is 42.6 Å². The van der Waals surface area contributed by atoms with Gasteiger partial charge in [0.2, 0.25) is 0 Å². The van der Waals surface area contributed by atoms with E-state index in [1.807, 2.05) is 42.2 Å². The van der Waals surface area contributed by atoms with Crippen LogP contribution in [0.1, 0.15) is 31.9 Å². The van der Waals surface area contributed by atoms with Crippen LogP contribution in [0.15, 0.2) is 42.5 Å². The SMILES string of the molecule is Cc1cccc(C(C)(C)C)c1NC(=O)N1CCN(c2ccc(Cl)cc2)CC1. The molecule has 0 aliphatic carbocycles. The highest BCUT2D eigenvalue weighted by atomic mass is 35.5. The molecule has 0 saturated carbocycles. The van der Waals surface area contributed by atoms with Gasteiger partial charge in [-0.15, -0.1) is 0 Å². The Hall–Kier alpha value is -2.20. The number of benzene rings is 2. The Bertz CT molecular complexity index is 803. The summed E-state index contributed by atoms with van der Waals surface area (Å²) in [4.78, 5) is 17.0. The van der Waals surface area contributed by atoms with E-state index < -0.39 is 0 Å². The Morgan fingerprint density at radius 2 is 1.63 bits per heavy atom. The largest absolute Gasteiger partial charge is 0.368 e. The van der Waals surface area contributed by atoms with E-state index >= 15 is 0 Å². The fourth-order valence-corrected chi connectivity index (χ4v) is 3.59. The van der Waals surface area contributed by atoms with Crippen LogP contribution in [0, 0.1) is 6.92 Å². The van der Waals surface area contributed by atoms with Crippen LogP contribution in [0.25, 0.3) is 0 Å². The highest BCUT2D eigenvalue weighted by molar-refractivity contribution is 6.30. The lowest BCUT2D eigenvalue weighted by Crippen LogP contribution is -2.50. The molecular formula is C22H28ClN3O. The van der Waals surface area contributed by atoms with Crippen molar-refractivity contribution in [2.75, 3.05) is 36.4 Å². The van der Waals surface area contributed by atoms with Crippen LogP contribution in [0.3, 0.4) is 0 Å². The summed E-state index contributed by atoms with van der Waals surface area (Å²) in [5.74, 6) is 0. The second kappa shape index (κ2) is 7.81. The van der Waals surface area contributed by atoms with E-state index in [1.165, 1.54) is 0 Å². The number of hydrogen-bond donors (Lipinski definition) is 1. The molecular weight excluding hydrogens is 358 g/mol. The predicted molar refractivity (Wildman–Crippen MR) is 114 cm³/mol. The molecule has 2 aromatic rings. The maximum atomic E-state index is 12.9. The molecule has 1 aliphatic heterocycles. The van der Waals surface area contributed by atoms with Crippen molar-refractivity contribution in [3.05, 3.63) is 58.6 Å². The van der Waals surface area contributed by atoms with Gasteiger partial charge < -0.3 is 15.1 Å². The molecule has 1 aliphatic rings. The number of nitrogens with one attached hydrogen (secondary N) is 1. The molecule has 27 heavy (non-hydrogen) atoms. The van der Waals surface area contributed by atoms with Gasteiger partial charge >= 0.3 is 6.03 Å². The van der Waals surface area contributed by atoms with Gasteiger partial charge in [-0.2, -0.15) is 0 Å². The fourth-order valence-electron chi connectivity index (χ4n) is 3.46. The normalized spacial score (nSPS) is 15.0. The third-order valence-corrected chi connectivity index (χ3v) is 5.32. The molecule has 0 bridgehead atoms. The predicted octanol–water partition coefficient (Wildman–Crippen LogP) is 5.30.